The molecule has 0 amide bonds. The van der Waals surface area contributed by atoms with Crippen LogP contribution in [0, 0.1) is 0 Å². The third-order valence-electron chi connectivity index (χ3n) is 5.43. The molecule has 0 unspecified atom stereocenters. The molecular weight excluding hydrogens is 432 g/mol. The molecule has 0 saturated heterocycles. The molecule has 0 spiro atoms. The van der Waals surface area contributed by atoms with E-state index < -0.39 is 11.6 Å². The first-order chi connectivity index (χ1) is 16.6. The third kappa shape index (κ3) is 6.11. The fraction of sp³-hybridized carbons (Fsp3) is 0.214. The third-order valence-corrected chi connectivity index (χ3v) is 5.43. The predicted molar refractivity (Wildman–Crippen MR) is 130 cm³/mol. The second-order valence-corrected chi connectivity index (χ2v) is 7.93. The highest BCUT2D eigenvalue weighted by Gasteiger charge is 2.10. The van der Waals surface area contributed by atoms with Gasteiger partial charge in [0.05, 0.1) is 12.2 Å². The molecule has 0 aliphatic carbocycles. The van der Waals surface area contributed by atoms with Crippen molar-refractivity contribution in [1.29, 1.82) is 0 Å². The lowest BCUT2D eigenvalue weighted by Gasteiger charge is -2.08. The van der Waals surface area contributed by atoms with Crippen LogP contribution in [0.2, 0.25) is 0 Å². The van der Waals surface area contributed by atoms with Crippen LogP contribution in [0.15, 0.2) is 88.1 Å². The molecule has 6 nitrogen and oxygen atoms in total. The van der Waals surface area contributed by atoms with Crippen LogP contribution in [-0.2, 0) is 0 Å². The van der Waals surface area contributed by atoms with Crippen molar-refractivity contribution in [3.05, 3.63) is 94.8 Å². The summed E-state index contributed by atoms with van der Waals surface area (Å²) >= 11 is 0. The van der Waals surface area contributed by atoms with Gasteiger partial charge in [0.15, 0.2) is 0 Å². The molecule has 1 aromatic heterocycles. The van der Waals surface area contributed by atoms with Crippen molar-refractivity contribution in [2.45, 2.75) is 25.7 Å². The Labute approximate surface area is 197 Å². The SMILES string of the molecule is O=C(Oc1ccc2oc(=O)ccc2c1)c1ccc(-c2ccc(OCCCCCCO)cc2)cc1. The highest BCUT2D eigenvalue weighted by Crippen LogP contribution is 2.24. The molecule has 4 rings (SSSR count). The van der Waals surface area contributed by atoms with Crippen LogP contribution in [-0.4, -0.2) is 24.3 Å². The molecule has 0 fully saturated rings. The van der Waals surface area contributed by atoms with Crippen LogP contribution in [0.1, 0.15) is 36.0 Å². The number of carbonyl (C=O) groups is 1. The van der Waals surface area contributed by atoms with Gasteiger partial charge in [0.25, 0.3) is 0 Å². The Morgan fingerprint density at radius 1 is 0.765 bits per heavy atom. The van der Waals surface area contributed by atoms with Crippen molar-refractivity contribution >= 4 is 16.9 Å². The Hall–Kier alpha value is -3.90. The molecule has 174 valence electrons. The van der Waals surface area contributed by atoms with E-state index in [1.165, 1.54) is 6.07 Å². The smallest absolute Gasteiger partial charge is 0.343 e. The van der Waals surface area contributed by atoms with Gasteiger partial charge in [-0.25, -0.2) is 9.59 Å². The standard InChI is InChI=1S/C28H26O6/c29-17-3-1-2-4-18-32-24-12-9-21(10-13-24)20-5-7-22(8-6-20)28(31)33-25-14-15-26-23(19-25)11-16-27(30)34-26/h5-16,19,29H,1-4,17-18H2. The summed E-state index contributed by atoms with van der Waals surface area (Å²) in [6.45, 7) is 0.907. The molecule has 34 heavy (non-hydrogen) atoms. The first-order valence-electron chi connectivity index (χ1n) is 11.3. The van der Waals surface area contributed by atoms with E-state index in [9.17, 15) is 9.59 Å². The van der Waals surface area contributed by atoms with Crippen molar-refractivity contribution in [1.82, 2.24) is 0 Å². The summed E-state index contributed by atoms with van der Waals surface area (Å²) in [5.74, 6) is 0.728. The molecule has 3 aromatic carbocycles. The molecule has 1 N–H and O–H groups in total. The molecule has 0 atom stereocenters. The van der Waals surface area contributed by atoms with Crippen molar-refractivity contribution in [3.8, 4) is 22.6 Å². The van der Waals surface area contributed by atoms with Gasteiger partial charge in [0, 0.05) is 18.1 Å². The number of carbonyl (C=O) groups excluding carboxylic acids is 1. The summed E-state index contributed by atoms with van der Waals surface area (Å²) in [7, 11) is 0. The van der Waals surface area contributed by atoms with E-state index in [1.807, 2.05) is 36.4 Å². The molecule has 0 radical (unpaired) electrons. The lowest BCUT2D eigenvalue weighted by Crippen LogP contribution is -2.08. The fourth-order valence-corrected chi connectivity index (χ4v) is 3.58. The topological polar surface area (TPSA) is 86.0 Å². The minimum atomic E-state index is -0.467. The zero-order chi connectivity index (χ0) is 23.8. The number of aliphatic hydroxyl groups is 1. The summed E-state index contributed by atoms with van der Waals surface area (Å²) in [4.78, 5) is 23.9. The van der Waals surface area contributed by atoms with Crippen molar-refractivity contribution in [2.75, 3.05) is 13.2 Å². The first-order valence-corrected chi connectivity index (χ1v) is 11.3. The average molecular weight is 459 g/mol. The van der Waals surface area contributed by atoms with E-state index in [0.717, 1.165) is 42.6 Å². The average Bonchev–Trinajstić information content (AvgIpc) is 2.87. The van der Waals surface area contributed by atoms with Crippen LogP contribution in [0.25, 0.3) is 22.1 Å². The van der Waals surface area contributed by atoms with Gasteiger partial charge in [-0.05, 0) is 78.9 Å². The number of unbranched alkanes of at least 4 members (excludes halogenated alkanes) is 3. The van der Waals surface area contributed by atoms with Crippen LogP contribution < -0.4 is 15.1 Å². The number of esters is 1. The number of ether oxygens (including phenoxy) is 2. The Bertz CT molecular complexity index is 1290. The number of hydrogen-bond donors (Lipinski definition) is 1. The van der Waals surface area contributed by atoms with Gasteiger partial charge in [-0.15, -0.1) is 0 Å². The van der Waals surface area contributed by atoms with Crippen molar-refractivity contribution < 1.29 is 23.8 Å². The molecule has 0 saturated carbocycles. The van der Waals surface area contributed by atoms with Crippen LogP contribution in [0.4, 0.5) is 0 Å². The van der Waals surface area contributed by atoms with E-state index in [2.05, 4.69) is 0 Å². The molecule has 4 aromatic rings. The van der Waals surface area contributed by atoms with E-state index >= 15 is 0 Å². The summed E-state index contributed by atoms with van der Waals surface area (Å²) < 4.78 is 16.3. The molecule has 0 aliphatic heterocycles. The lowest BCUT2D eigenvalue weighted by atomic mass is 10.0. The summed E-state index contributed by atoms with van der Waals surface area (Å²) in [6.07, 6.45) is 3.88. The number of hydrogen-bond acceptors (Lipinski definition) is 6. The highest BCUT2D eigenvalue weighted by atomic mass is 16.5. The van der Waals surface area contributed by atoms with Crippen LogP contribution in [0.5, 0.6) is 11.5 Å². The predicted octanol–water partition coefficient (Wildman–Crippen LogP) is 5.61. The van der Waals surface area contributed by atoms with Crippen LogP contribution >= 0.6 is 0 Å². The second-order valence-electron chi connectivity index (χ2n) is 7.93. The van der Waals surface area contributed by atoms with Crippen molar-refractivity contribution in [2.24, 2.45) is 0 Å². The zero-order valence-corrected chi connectivity index (χ0v) is 18.7. The maximum atomic E-state index is 12.6. The number of rotatable bonds is 10. The zero-order valence-electron chi connectivity index (χ0n) is 18.7. The summed E-state index contributed by atoms with van der Waals surface area (Å²) in [5.41, 5.74) is 2.44. The van der Waals surface area contributed by atoms with Gasteiger partial charge in [0.2, 0.25) is 0 Å². The monoisotopic (exact) mass is 458 g/mol. The Kier molecular flexibility index (Phi) is 7.73. The number of fused-ring (bicyclic) bond motifs is 1. The quantitative estimate of drug-likeness (QED) is 0.144. The molecule has 1 heterocycles. The van der Waals surface area contributed by atoms with Gasteiger partial charge in [-0.1, -0.05) is 30.7 Å². The van der Waals surface area contributed by atoms with Crippen molar-refractivity contribution in [3.63, 3.8) is 0 Å². The minimum absolute atomic E-state index is 0.247. The van der Waals surface area contributed by atoms with Gasteiger partial charge >= 0.3 is 11.6 Å². The number of aliphatic hydroxyl groups excluding tert-OH is 1. The Balaban J connectivity index is 1.34. The fourth-order valence-electron chi connectivity index (χ4n) is 3.58. The molecule has 0 bridgehead atoms. The van der Waals surface area contributed by atoms with E-state index in [0.29, 0.717) is 28.9 Å². The summed E-state index contributed by atoms with van der Waals surface area (Å²) in [5, 5.41) is 9.47. The Morgan fingerprint density at radius 3 is 2.18 bits per heavy atom. The summed E-state index contributed by atoms with van der Waals surface area (Å²) in [6, 6.07) is 22.9. The Morgan fingerprint density at radius 2 is 1.44 bits per heavy atom. The van der Waals surface area contributed by atoms with Gasteiger partial charge in [-0.3, -0.25) is 0 Å². The molecule has 6 heteroatoms. The van der Waals surface area contributed by atoms with E-state index in [1.54, 1.807) is 36.4 Å². The normalized spacial score (nSPS) is 10.9. The lowest BCUT2D eigenvalue weighted by molar-refractivity contribution is 0.0735. The second kappa shape index (κ2) is 11.3. The van der Waals surface area contributed by atoms with Gasteiger partial charge < -0.3 is 19.0 Å². The maximum absolute atomic E-state index is 12.6. The largest absolute Gasteiger partial charge is 0.494 e. The highest BCUT2D eigenvalue weighted by molar-refractivity contribution is 5.92. The van der Waals surface area contributed by atoms with Gasteiger partial charge in [-0.2, -0.15) is 0 Å². The van der Waals surface area contributed by atoms with E-state index in [-0.39, 0.29) is 6.61 Å². The first kappa shape index (κ1) is 23.3. The van der Waals surface area contributed by atoms with Gasteiger partial charge in [0.1, 0.15) is 17.1 Å². The maximum Gasteiger partial charge on any atom is 0.343 e. The number of benzene rings is 3. The van der Waals surface area contributed by atoms with Crippen LogP contribution in [0.3, 0.4) is 0 Å². The molecule has 0 aliphatic rings. The minimum Gasteiger partial charge on any atom is -0.494 e. The van der Waals surface area contributed by atoms with E-state index in [4.69, 9.17) is 19.0 Å². The molecular formula is C28H26O6.